The number of fused-ring (bicyclic) bond motifs is 1. The molecule has 2 heterocycles. The van der Waals surface area contributed by atoms with Gasteiger partial charge in [0.05, 0.1) is 10.5 Å². The number of benzene rings is 1. The molecule has 0 bridgehead atoms. The molecule has 1 amide bonds. The van der Waals surface area contributed by atoms with Gasteiger partial charge in [0.25, 0.3) is 5.91 Å². The van der Waals surface area contributed by atoms with Gasteiger partial charge in [-0.3, -0.25) is 9.69 Å². The number of likely N-dealkylation sites (N-methyl/N-ethyl adjacent to an activating group) is 1. The lowest BCUT2D eigenvalue weighted by molar-refractivity contribution is 0.0727. The van der Waals surface area contributed by atoms with E-state index in [1.807, 2.05) is 36.2 Å². The van der Waals surface area contributed by atoms with Gasteiger partial charge < -0.3 is 9.88 Å². The summed E-state index contributed by atoms with van der Waals surface area (Å²) >= 11 is 6.17. The summed E-state index contributed by atoms with van der Waals surface area (Å²) in [5, 5.41) is 1.62. The normalized spacial score (nSPS) is 19.2. The van der Waals surface area contributed by atoms with E-state index in [0.29, 0.717) is 16.8 Å². The van der Waals surface area contributed by atoms with Crippen molar-refractivity contribution in [2.45, 2.75) is 32.4 Å². The van der Waals surface area contributed by atoms with E-state index in [1.165, 1.54) is 0 Å². The van der Waals surface area contributed by atoms with E-state index in [4.69, 9.17) is 11.6 Å². The summed E-state index contributed by atoms with van der Waals surface area (Å²) in [6.07, 6.45) is 1.03. The fourth-order valence-electron chi connectivity index (χ4n) is 3.14. The van der Waals surface area contributed by atoms with Crippen molar-refractivity contribution in [3.05, 3.63) is 35.0 Å². The number of carbonyl (C=O) groups excluding carboxylic acids is 1. The number of hydrogen-bond donors (Lipinski definition) is 1. The van der Waals surface area contributed by atoms with Crippen LogP contribution in [0.3, 0.4) is 0 Å². The molecule has 0 radical (unpaired) electrons. The van der Waals surface area contributed by atoms with E-state index in [1.54, 1.807) is 0 Å². The maximum atomic E-state index is 12.7. The SMILES string of the molecule is CC(C)N1CCC(N(C)C(=O)c2cc3cccc(Cl)c3[nH]2)C1. The van der Waals surface area contributed by atoms with Crippen LogP contribution in [0.5, 0.6) is 0 Å². The molecule has 2 aromatic rings. The quantitative estimate of drug-likeness (QED) is 0.942. The fraction of sp³-hybridized carbons (Fsp3) is 0.471. The largest absolute Gasteiger partial charge is 0.349 e. The summed E-state index contributed by atoms with van der Waals surface area (Å²) in [5.41, 5.74) is 1.43. The highest BCUT2D eigenvalue weighted by Crippen LogP contribution is 2.25. The van der Waals surface area contributed by atoms with Crippen molar-refractivity contribution < 1.29 is 4.79 Å². The Morgan fingerprint density at radius 2 is 2.23 bits per heavy atom. The van der Waals surface area contributed by atoms with Gasteiger partial charge in [0, 0.05) is 37.6 Å². The zero-order valence-electron chi connectivity index (χ0n) is 13.3. The number of nitrogens with zero attached hydrogens (tertiary/aromatic N) is 2. The van der Waals surface area contributed by atoms with Crippen molar-refractivity contribution in [3.8, 4) is 0 Å². The van der Waals surface area contributed by atoms with Crippen LogP contribution >= 0.6 is 11.6 Å². The third kappa shape index (κ3) is 2.73. The van der Waals surface area contributed by atoms with E-state index < -0.39 is 0 Å². The van der Waals surface area contributed by atoms with E-state index >= 15 is 0 Å². The van der Waals surface area contributed by atoms with Crippen LogP contribution < -0.4 is 0 Å². The number of hydrogen-bond acceptors (Lipinski definition) is 2. The summed E-state index contributed by atoms with van der Waals surface area (Å²) in [7, 11) is 1.89. The number of para-hydroxylation sites is 1. The average molecular weight is 320 g/mol. The third-order valence-electron chi connectivity index (χ3n) is 4.63. The molecule has 1 aliphatic rings. The Bertz CT molecular complexity index is 694. The molecule has 1 aromatic heterocycles. The third-order valence-corrected chi connectivity index (χ3v) is 4.94. The fourth-order valence-corrected chi connectivity index (χ4v) is 3.37. The smallest absolute Gasteiger partial charge is 0.270 e. The van der Waals surface area contributed by atoms with E-state index in [0.717, 1.165) is 30.4 Å². The highest BCUT2D eigenvalue weighted by molar-refractivity contribution is 6.35. The standard InChI is InChI=1S/C17H22ClN3O/c1-11(2)21-8-7-13(10-21)20(3)17(22)15-9-12-5-4-6-14(18)16(12)19-15/h4-6,9,11,13,19H,7-8,10H2,1-3H3. The van der Waals surface area contributed by atoms with Gasteiger partial charge in [0.15, 0.2) is 0 Å². The summed E-state index contributed by atoms with van der Waals surface area (Å²) in [6, 6.07) is 8.38. The molecule has 3 rings (SSSR count). The Kier molecular flexibility index (Phi) is 4.15. The number of likely N-dealkylation sites (tertiary alicyclic amines) is 1. The molecule has 1 fully saturated rings. The maximum Gasteiger partial charge on any atom is 0.270 e. The average Bonchev–Trinajstić information content (AvgIpc) is 3.13. The number of carbonyl (C=O) groups is 1. The van der Waals surface area contributed by atoms with Crippen LogP contribution in [0.25, 0.3) is 10.9 Å². The van der Waals surface area contributed by atoms with Crippen LogP contribution in [0.2, 0.25) is 5.02 Å². The van der Waals surface area contributed by atoms with Gasteiger partial charge in [-0.05, 0) is 32.4 Å². The molecule has 1 unspecified atom stereocenters. The number of H-pyrrole nitrogens is 1. The second kappa shape index (κ2) is 5.94. The Labute approximate surface area is 136 Å². The number of aromatic amines is 1. The molecule has 5 heteroatoms. The molecule has 118 valence electrons. The van der Waals surface area contributed by atoms with Crippen molar-refractivity contribution in [2.75, 3.05) is 20.1 Å². The maximum absolute atomic E-state index is 12.7. The van der Waals surface area contributed by atoms with Gasteiger partial charge >= 0.3 is 0 Å². The predicted octanol–water partition coefficient (Wildman–Crippen LogP) is 3.38. The van der Waals surface area contributed by atoms with Crippen LogP contribution in [-0.4, -0.2) is 52.9 Å². The first-order chi connectivity index (χ1) is 10.5. The number of nitrogens with one attached hydrogen (secondary N) is 1. The molecular formula is C17H22ClN3O. The minimum absolute atomic E-state index is 0.0304. The second-order valence-electron chi connectivity index (χ2n) is 6.33. The summed E-state index contributed by atoms with van der Waals surface area (Å²) in [6.45, 7) is 6.40. The van der Waals surface area contributed by atoms with Crippen LogP contribution in [0, 0.1) is 0 Å². The molecule has 1 N–H and O–H groups in total. The minimum atomic E-state index is 0.0304. The van der Waals surface area contributed by atoms with Gasteiger partial charge in [-0.15, -0.1) is 0 Å². The summed E-state index contributed by atoms with van der Waals surface area (Å²) < 4.78 is 0. The molecule has 1 aromatic carbocycles. The first kappa shape index (κ1) is 15.4. The molecule has 0 aliphatic carbocycles. The zero-order valence-corrected chi connectivity index (χ0v) is 14.0. The van der Waals surface area contributed by atoms with Gasteiger partial charge in [0.1, 0.15) is 5.69 Å². The molecule has 1 aliphatic heterocycles. The van der Waals surface area contributed by atoms with Crippen molar-refractivity contribution in [3.63, 3.8) is 0 Å². The minimum Gasteiger partial charge on any atom is -0.349 e. The number of halogens is 1. The number of amides is 1. The Balaban J connectivity index is 1.79. The first-order valence-corrected chi connectivity index (χ1v) is 8.13. The monoisotopic (exact) mass is 319 g/mol. The molecule has 4 nitrogen and oxygen atoms in total. The highest BCUT2D eigenvalue weighted by atomic mass is 35.5. The van der Waals surface area contributed by atoms with Crippen molar-refractivity contribution in [1.29, 1.82) is 0 Å². The van der Waals surface area contributed by atoms with Gasteiger partial charge in [0.2, 0.25) is 0 Å². The van der Waals surface area contributed by atoms with Crippen LogP contribution in [-0.2, 0) is 0 Å². The summed E-state index contributed by atoms with van der Waals surface area (Å²) in [4.78, 5) is 20.2. The van der Waals surface area contributed by atoms with Crippen LogP contribution in [0.4, 0.5) is 0 Å². The highest BCUT2D eigenvalue weighted by Gasteiger charge is 2.30. The van der Waals surface area contributed by atoms with Crippen LogP contribution in [0.15, 0.2) is 24.3 Å². The van der Waals surface area contributed by atoms with E-state index in [2.05, 4.69) is 23.7 Å². The van der Waals surface area contributed by atoms with Gasteiger partial charge in [-0.25, -0.2) is 0 Å². The first-order valence-electron chi connectivity index (χ1n) is 7.76. The summed E-state index contributed by atoms with van der Waals surface area (Å²) in [5.74, 6) is 0.0304. The molecular weight excluding hydrogens is 298 g/mol. The van der Waals surface area contributed by atoms with Crippen LogP contribution in [0.1, 0.15) is 30.8 Å². The van der Waals surface area contributed by atoms with Gasteiger partial charge in [-0.1, -0.05) is 23.7 Å². The lowest BCUT2D eigenvalue weighted by Gasteiger charge is -2.26. The second-order valence-corrected chi connectivity index (χ2v) is 6.74. The predicted molar refractivity (Wildman–Crippen MR) is 90.5 cm³/mol. The number of rotatable bonds is 3. The molecule has 22 heavy (non-hydrogen) atoms. The Hall–Kier alpha value is -1.52. The van der Waals surface area contributed by atoms with Crippen molar-refractivity contribution in [1.82, 2.24) is 14.8 Å². The molecule has 0 spiro atoms. The Morgan fingerprint density at radius 3 is 2.86 bits per heavy atom. The lowest BCUT2D eigenvalue weighted by Crippen LogP contribution is -2.40. The van der Waals surface area contributed by atoms with Crippen molar-refractivity contribution in [2.24, 2.45) is 0 Å². The zero-order chi connectivity index (χ0) is 15.9. The van der Waals surface area contributed by atoms with E-state index in [9.17, 15) is 4.79 Å². The molecule has 0 saturated carbocycles. The van der Waals surface area contributed by atoms with Gasteiger partial charge in [-0.2, -0.15) is 0 Å². The molecule has 1 atom stereocenters. The lowest BCUT2D eigenvalue weighted by atomic mass is 10.2. The number of aromatic nitrogens is 1. The van der Waals surface area contributed by atoms with E-state index in [-0.39, 0.29) is 11.9 Å². The topological polar surface area (TPSA) is 39.3 Å². The Morgan fingerprint density at radius 1 is 1.45 bits per heavy atom. The van der Waals surface area contributed by atoms with Crippen molar-refractivity contribution >= 4 is 28.4 Å². The molecule has 1 saturated heterocycles.